The number of hydrogen-bond donors (Lipinski definition) is 2. The van der Waals surface area contributed by atoms with Gasteiger partial charge in [0.25, 0.3) is 0 Å². The molecule has 0 aliphatic carbocycles. The van der Waals surface area contributed by atoms with Gasteiger partial charge in [0.05, 0.1) is 0 Å². The highest BCUT2D eigenvalue weighted by molar-refractivity contribution is 7.81. The molecule has 9 heavy (non-hydrogen) atoms. The molecule has 0 saturated carbocycles. The molecule has 0 aromatic heterocycles. The molecule has 0 heterocycles. The van der Waals surface area contributed by atoms with Gasteiger partial charge in [-0.1, -0.05) is 13.3 Å². The van der Waals surface area contributed by atoms with Gasteiger partial charge in [0.1, 0.15) is 0 Å². The van der Waals surface area contributed by atoms with Gasteiger partial charge in [-0.2, -0.15) is 25.3 Å². The summed E-state index contributed by atoms with van der Waals surface area (Å²) in [6, 6.07) is 0. The van der Waals surface area contributed by atoms with Crippen molar-refractivity contribution in [3.8, 4) is 0 Å². The first-order chi connectivity index (χ1) is 4.31. The summed E-state index contributed by atoms with van der Waals surface area (Å²) in [5.74, 6) is 1.02. The Morgan fingerprint density at radius 1 is 1.33 bits per heavy atom. The molecule has 0 aliphatic rings. The molecule has 0 fully saturated rings. The Bertz CT molecular complexity index is 54.9. The number of hydrogen-bond acceptors (Lipinski definition) is 2. The van der Waals surface area contributed by atoms with Gasteiger partial charge in [0.2, 0.25) is 0 Å². The largest absolute Gasteiger partial charge is 0.179 e. The molecule has 0 amide bonds. The Hall–Kier alpha value is 0.700. The highest BCUT2D eigenvalue weighted by Crippen LogP contribution is 2.10. The van der Waals surface area contributed by atoms with Crippen molar-refractivity contribution >= 4 is 25.3 Å². The molecular weight excluding hydrogens is 148 g/mol. The average molecular weight is 164 g/mol. The standard InChI is InChI=1S/C7H16S2/c1-2-7(9)5-3-4-6-8/h7-9H,2-6H2,1H3. The van der Waals surface area contributed by atoms with Gasteiger partial charge < -0.3 is 0 Å². The second-order valence-corrected chi connectivity index (χ2v) is 3.46. The van der Waals surface area contributed by atoms with Crippen LogP contribution < -0.4 is 0 Å². The molecule has 0 spiro atoms. The van der Waals surface area contributed by atoms with E-state index in [1.165, 1.54) is 25.7 Å². The molecule has 2 heteroatoms. The minimum atomic E-state index is 0.616. The zero-order valence-electron chi connectivity index (χ0n) is 6.01. The molecule has 0 radical (unpaired) electrons. The second kappa shape index (κ2) is 6.81. The lowest BCUT2D eigenvalue weighted by Crippen LogP contribution is -1.95. The predicted molar refractivity (Wildman–Crippen MR) is 50.8 cm³/mol. The first-order valence-corrected chi connectivity index (χ1v) is 4.75. The number of rotatable bonds is 5. The summed E-state index contributed by atoms with van der Waals surface area (Å²) in [7, 11) is 0. The van der Waals surface area contributed by atoms with E-state index < -0.39 is 0 Å². The molecule has 0 saturated heterocycles. The van der Waals surface area contributed by atoms with E-state index in [-0.39, 0.29) is 0 Å². The van der Waals surface area contributed by atoms with Gasteiger partial charge in [0, 0.05) is 5.25 Å². The van der Waals surface area contributed by atoms with Crippen LogP contribution in [0.15, 0.2) is 0 Å². The van der Waals surface area contributed by atoms with Crippen LogP contribution in [-0.2, 0) is 0 Å². The average Bonchev–Trinajstić information content (AvgIpc) is 1.89. The van der Waals surface area contributed by atoms with Crippen molar-refractivity contribution in [3.05, 3.63) is 0 Å². The molecule has 0 bridgehead atoms. The number of thiol groups is 2. The topological polar surface area (TPSA) is 0 Å². The highest BCUT2D eigenvalue weighted by atomic mass is 32.1. The molecule has 0 nitrogen and oxygen atoms in total. The summed E-state index contributed by atoms with van der Waals surface area (Å²) in [5, 5.41) is 0.616. The van der Waals surface area contributed by atoms with Crippen molar-refractivity contribution in [2.24, 2.45) is 0 Å². The maximum absolute atomic E-state index is 4.38. The van der Waals surface area contributed by atoms with Crippen molar-refractivity contribution in [1.29, 1.82) is 0 Å². The number of unbranched alkanes of at least 4 members (excludes halogenated alkanes) is 1. The lowest BCUT2D eigenvalue weighted by Gasteiger charge is -2.04. The summed E-state index contributed by atoms with van der Waals surface area (Å²) < 4.78 is 0. The Morgan fingerprint density at radius 3 is 2.44 bits per heavy atom. The van der Waals surface area contributed by atoms with E-state index in [1.54, 1.807) is 0 Å². The van der Waals surface area contributed by atoms with Crippen molar-refractivity contribution in [2.75, 3.05) is 5.75 Å². The monoisotopic (exact) mass is 164 g/mol. The van der Waals surface area contributed by atoms with Crippen LogP contribution in [0.5, 0.6) is 0 Å². The second-order valence-electron chi connectivity index (χ2n) is 2.28. The van der Waals surface area contributed by atoms with Crippen LogP contribution >= 0.6 is 25.3 Å². The van der Waals surface area contributed by atoms with Gasteiger partial charge >= 0.3 is 0 Å². The predicted octanol–water partition coefficient (Wildman–Crippen LogP) is 2.79. The summed E-state index contributed by atoms with van der Waals surface area (Å²) >= 11 is 8.51. The lowest BCUT2D eigenvalue weighted by atomic mass is 10.2. The van der Waals surface area contributed by atoms with E-state index in [9.17, 15) is 0 Å². The molecule has 0 N–H and O–H groups in total. The van der Waals surface area contributed by atoms with Gasteiger partial charge in [-0.3, -0.25) is 0 Å². The van der Waals surface area contributed by atoms with Crippen LogP contribution in [0, 0.1) is 0 Å². The summed E-state index contributed by atoms with van der Waals surface area (Å²) in [6.07, 6.45) is 4.96. The minimum absolute atomic E-state index is 0.616. The Kier molecular flexibility index (Phi) is 7.34. The quantitative estimate of drug-likeness (QED) is 0.453. The van der Waals surface area contributed by atoms with Crippen LogP contribution in [0.2, 0.25) is 0 Å². The fourth-order valence-corrected chi connectivity index (χ4v) is 1.10. The molecule has 1 unspecified atom stereocenters. The van der Waals surface area contributed by atoms with E-state index in [1.807, 2.05) is 0 Å². The van der Waals surface area contributed by atoms with Crippen molar-refractivity contribution in [3.63, 3.8) is 0 Å². The summed E-state index contributed by atoms with van der Waals surface area (Å²) in [5.41, 5.74) is 0. The SMILES string of the molecule is CCC(S)CCCCS. The van der Waals surface area contributed by atoms with Gasteiger partial charge in [-0.15, -0.1) is 0 Å². The fourth-order valence-electron chi connectivity index (χ4n) is 0.696. The molecular formula is C7H16S2. The summed E-state index contributed by atoms with van der Waals surface area (Å²) in [4.78, 5) is 0. The minimum Gasteiger partial charge on any atom is -0.179 e. The maximum Gasteiger partial charge on any atom is 0.00141 e. The Labute approximate surface area is 69.2 Å². The van der Waals surface area contributed by atoms with Crippen molar-refractivity contribution < 1.29 is 0 Å². The van der Waals surface area contributed by atoms with Crippen molar-refractivity contribution in [2.45, 2.75) is 37.9 Å². The van der Waals surface area contributed by atoms with E-state index in [0.717, 1.165) is 5.75 Å². The van der Waals surface area contributed by atoms with Crippen LogP contribution in [0.3, 0.4) is 0 Å². The normalized spacial score (nSPS) is 13.7. The van der Waals surface area contributed by atoms with Gasteiger partial charge in [-0.25, -0.2) is 0 Å². The smallest absolute Gasteiger partial charge is 0.00141 e. The van der Waals surface area contributed by atoms with Crippen molar-refractivity contribution in [1.82, 2.24) is 0 Å². The zero-order chi connectivity index (χ0) is 7.11. The molecule has 0 aromatic rings. The first-order valence-electron chi connectivity index (χ1n) is 3.60. The summed E-state index contributed by atoms with van der Waals surface area (Å²) in [6.45, 7) is 2.18. The first kappa shape index (κ1) is 9.70. The molecule has 0 aromatic carbocycles. The maximum atomic E-state index is 4.38. The third-order valence-electron chi connectivity index (χ3n) is 1.42. The Balaban J connectivity index is 2.88. The molecule has 0 rings (SSSR count). The van der Waals surface area contributed by atoms with Crippen LogP contribution in [0.1, 0.15) is 32.6 Å². The molecule has 1 atom stereocenters. The van der Waals surface area contributed by atoms with E-state index >= 15 is 0 Å². The van der Waals surface area contributed by atoms with Gasteiger partial charge in [0.15, 0.2) is 0 Å². The van der Waals surface area contributed by atoms with Crippen LogP contribution in [0.4, 0.5) is 0 Å². The van der Waals surface area contributed by atoms with E-state index in [2.05, 4.69) is 32.2 Å². The lowest BCUT2D eigenvalue weighted by molar-refractivity contribution is 0.677. The van der Waals surface area contributed by atoms with Gasteiger partial charge in [-0.05, 0) is 25.0 Å². The fraction of sp³-hybridized carbons (Fsp3) is 1.00. The van der Waals surface area contributed by atoms with E-state index in [0.29, 0.717) is 5.25 Å². The van der Waals surface area contributed by atoms with Crippen LogP contribution in [-0.4, -0.2) is 11.0 Å². The third kappa shape index (κ3) is 6.59. The third-order valence-corrected chi connectivity index (χ3v) is 2.36. The van der Waals surface area contributed by atoms with Crippen LogP contribution in [0.25, 0.3) is 0 Å². The highest BCUT2D eigenvalue weighted by Gasteiger charge is 1.96. The molecule has 0 aliphatic heterocycles. The molecule has 56 valence electrons. The van der Waals surface area contributed by atoms with E-state index in [4.69, 9.17) is 0 Å². The Morgan fingerprint density at radius 2 is 2.00 bits per heavy atom. The zero-order valence-corrected chi connectivity index (χ0v) is 7.80.